The second-order valence-corrected chi connectivity index (χ2v) is 6.29. The molecule has 0 aromatic heterocycles. The number of rotatable bonds is 3. The quantitative estimate of drug-likeness (QED) is 0.812. The summed E-state index contributed by atoms with van der Waals surface area (Å²) in [5, 5.41) is 8.62. The average molecular weight is 286 g/mol. The van der Waals surface area contributed by atoms with Crippen LogP contribution < -0.4 is 0 Å². The molecule has 0 aromatic carbocycles. The molecule has 0 aromatic rings. The van der Waals surface area contributed by atoms with E-state index in [1.54, 1.807) is 4.90 Å². The van der Waals surface area contributed by atoms with E-state index in [0.717, 1.165) is 0 Å². The van der Waals surface area contributed by atoms with Gasteiger partial charge in [-0.3, -0.25) is 0 Å². The second-order valence-electron chi connectivity index (χ2n) is 6.29. The maximum Gasteiger partial charge on any atom is 0.329 e. The van der Waals surface area contributed by atoms with Gasteiger partial charge in [-0.15, -0.1) is 0 Å². The van der Waals surface area contributed by atoms with Gasteiger partial charge in [-0.05, 0) is 20.8 Å². The number of morpholine rings is 1. The summed E-state index contributed by atoms with van der Waals surface area (Å²) in [6.45, 7) is 7.95. The summed E-state index contributed by atoms with van der Waals surface area (Å²) in [7, 11) is 0. The molecule has 20 heavy (non-hydrogen) atoms. The Morgan fingerprint density at radius 1 is 1.30 bits per heavy atom. The van der Waals surface area contributed by atoms with E-state index in [0.29, 0.717) is 32.8 Å². The molecular weight excluding hydrogens is 264 g/mol. The van der Waals surface area contributed by atoms with Gasteiger partial charge in [0.05, 0.1) is 31.8 Å². The predicted molar refractivity (Wildman–Crippen MR) is 70.6 cm³/mol. The Labute approximate surface area is 118 Å². The normalized spacial score (nSPS) is 24.1. The summed E-state index contributed by atoms with van der Waals surface area (Å²) in [6, 6.07) is -0.0327. The number of carbonyl (C=O) groups excluding carboxylic acids is 1. The standard InChI is InChI=1S/C13H22N2O5/c1-12(2)9-19-5-4-15(12)11(18)14-7-13(3,8-14)20-6-10(16)17/h4-9H2,1-3H3,(H,16,17). The van der Waals surface area contributed by atoms with Crippen molar-refractivity contribution in [3.8, 4) is 0 Å². The van der Waals surface area contributed by atoms with Crippen molar-refractivity contribution in [1.82, 2.24) is 9.80 Å². The highest BCUT2D eigenvalue weighted by Crippen LogP contribution is 2.28. The minimum Gasteiger partial charge on any atom is -0.480 e. The van der Waals surface area contributed by atoms with E-state index in [2.05, 4.69) is 0 Å². The van der Waals surface area contributed by atoms with Gasteiger partial charge in [0.2, 0.25) is 0 Å². The molecule has 2 fully saturated rings. The lowest BCUT2D eigenvalue weighted by molar-refractivity contribution is -0.161. The molecule has 2 saturated heterocycles. The molecule has 7 heteroatoms. The highest BCUT2D eigenvalue weighted by molar-refractivity contribution is 5.76. The summed E-state index contributed by atoms with van der Waals surface area (Å²) in [5.41, 5.74) is -0.867. The van der Waals surface area contributed by atoms with E-state index < -0.39 is 11.6 Å². The number of amides is 2. The van der Waals surface area contributed by atoms with Gasteiger partial charge in [0, 0.05) is 6.54 Å². The minimum atomic E-state index is -0.995. The minimum absolute atomic E-state index is 0.0327. The number of hydrogen-bond donors (Lipinski definition) is 1. The van der Waals surface area contributed by atoms with E-state index in [-0.39, 0.29) is 18.2 Å². The van der Waals surface area contributed by atoms with Gasteiger partial charge in [-0.1, -0.05) is 0 Å². The van der Waals surface area contributed by atoms with Crippen molar-refractivity contribution in [1.29, 1.82) is 0 Å². The Morgan fingerprint density at radius 3 is 2.50 bits per heavy atom. The number of carbonyl (C=O) groups is 2. The van der Waals surface area contributed by atoms with Crippen LogP contribution in [0.25, 0.3) is 0 Å². The van der Waals surface area contributed by atoms with Crippen LogP contribution in [0.15, 0.2) is 0 Å². The lowest BCUT2D eigenvalue weighted by Gasteiger charge is -2.51. The number of nitrogens with zero attached hydrogens (tertiary/aromatic N) is 2. The first-order valence-corrected chi connectivity index (χ1v) is 6.74. The third-order valence-electron chi connectivity index (χ3n) is 3.74. The molecule has 0 aliphatic carbocycles. The van der Waals surface area contributed by atoms with Crippen molar-refractivity contribution in [2.45, 2.75) is 31.9 Å². The molecule has 2 amide bonds. The van der Waals surface area contributed by atoms with Crippen LogP contribution in [-0.4, -0.2) is 77.5 Å². The van der Waals surface area contributed by atoms with Crippen molar-refractivity contribution in [2.75, 3.05) is 39.5 Å². The van der Waals surface area contributed by atoms with E-state index >= 15 is 0 Å². The Morgan fingerprint density at radius 2 is 1.95 bits per heavy atom. The topological polar surface area (TPSA) is 79.3 Å². The van der Waals surface area contributed by atoms with Crippen LogP contribution in [0.1, 0.15) is 20.8 Å². The highest BCUT2D eigenvalue weighted by Gasteiger charge is 2.46. The zero-order valence-corrected chi connectivity index (χ0v) is 12.2. The zero-order chi connectivity index (χ0) is 15.0. The molecule has 7 nitrogen and oxygen atoms in total. The Bertz CT molecular complexity index is 404. The SMILES string of the molecule is CC1(OCC(=O)O)CN(C(=O)N2CCOCC2(C)C)C1. The van der Waals surface area contributed by atoms with Crippen molar-refractivity contribution < 1.29 is 24.2 Å². The van der Waals surface area contributed by atoms with E-state index in [1.165, 1.54) is 0 Å². The van der Waals surface area contributed by atoms with E-state index in [1.807, 2.05) is 25.7 Å². The van der Waals surface area contributed by atoms with Crippen molar-refractivity contribution in [3.05, 3.63) is 0 Å². The third kappa shape index (κ3) is 3.04. The first kappa shape index (κ1) is 15.1. The monoisotopic (exact) mass is 286 g/mol. The van der Waals surface area contributed by atoms with Gasteiger partial charge in [0.25, 0.3) is 0 Å². The summed E-state index contributed by atoms with van der Waals surface area (Å²) in [6.07, 6.45) is 0. The molecule has 0 radical (unpaired) electrons. The molecule has 1 N–H and O–H groups in total. The van der Waals surface area contributed by atoms with Gasteiger partial charge in [-0.25, -0.2) is 9.59 Å². The fourth-order valence-corrected chi connectivity index (χ4v) is 2.61. The Kier molecular flexibility index (Phi) is 3.93. The second kappa shape index (κ2) is 5.21. The van der Waals surface area contributed by atoms with Crippen LogP contribution in [-0.2, 0) is 14.3 Å². The summed E-state index contributed by atoms with van der Waals surface area (Å²) < 4.78 is 10.7. The molecular formula is C13H22N2O5. The predicted octanol–water partition coefficient (Wildman–Crippen LogP) is 0.393. The molecule has 2 aliphatic rings. The smallest absolute Gasteiger partial charge is 0.329 e. The Hall–Kier alpha value is -1.34. The summed E-state index contributed by atoms with van der Waals surface area (Å²) in [5.74, 6) is -0.995. The number of carboxylic acid groups (broad SMARTS) is 1. The van der Waals surface area contributed by atoms with Crippen LogP contribution in [0.3, 0.4) is 0 Å². The largest absolute Gasteiger partial charge is 0.480 e. The van der Waals surface area contributed by atoms with E-state index in [9.17, 15) is 9.59 Å². The van der Waals surface area contributed by atoms with Crippen molar-refractivity contribution in [3.63, 3.8) is 0 Å². The summed E-state index contributed by atoms with van der Waals surface area (Å²) >= 11 is 0. The number of carboxylic acids is 1. The molecule has 0 unspecified atom stereocenters. The average Bonchev–Trinajstić information content (AvgIpc) is 2.31. The number of likely N-dealkylation sites (tertiary alicyclic amines) is 1. The Balaban J connectivity index is 1.88. The molecule has 2 aliphatic heterocycles. The van der Waals surface area contributed by atoms with Crippen LogP contribution in [0, 0.1) is 0 Å². The van der Waals surface area contributed by atoms with Crippen LogP contribution in [0.2, 0.25) is 0 Å². The molecule has 114 valence electrons. The van der Waals surface area contributed by atoms with Crippen molar-refractivity contribution >= 4 is 12.0 Å². The van der Waals surface area contributed by atoms with Crippen LogP contribution in [0.4, 0.5) is 4.79 Å². The summed E-state index contributed by atoms with van der Waals surface area (Å²) in [4.78, 5) is 26.5. The number of ether oxygens (including phenoxy) is 2. The molecule has 0 bridgehead atoms. The van der Waals surface area contributed by atoms with Gasteiger partial charge in [0.1, 0.15) is 12.2 Å². The number of urea groups is 1. The first-order chi connectivity index (χ1) is 9.23. The number of aliphatic carboxylic acids is 1. The molecule has 0 saturated carbocycles. The fourth-order valence-electron chi connectivity index (χ4n) is 2.61. The fraction of sp³-hybridized carbons (Fsp3) is 0.846. The third-order valence-corrected chi connectivity index (χ3v) is 3.74. The van der Waals surface area contributed by atoms with Crippen LogP contribution in [0.5, 0.6) is 0 Å². The van der Waals surface area contributed by atoms with Gasteiger partial charge in [-0.2, -0.15) is 0 Å². The maximum atomic E-state index is 12.4. The lowest BCUT2D eigenvalue weighted by atomic mass is 9.96. The van der Waals surface area contributed by atoms with E-state index in [4.69, 9.17) is 14.6 Å². The molecule has 2 heterocycles. The highest BCUT2D eigenvalue weighted by atomic mass is 16.5. The molecule has 2 rings (SSSR count). The van der Waals surface area contributed by atoms with Gasteiger partial charge in [0.15, 0.2) is 0 Å². The lowest BCUT2D eigenvalue weighted by Crippen LogP contribution is -2.68. The zero-order valence-electron chi connectivity index (χ0n) is 12.2. The molecule has 0 atom stereocenters. The van der Waals surface area contributed by atoms with Crippen LogP contribution >= 0.6 is 0 Å². The first-order valence-electron chi connectivity index (χ1n) is 6.74. The number of hydrogen-bond acceptors (Lipinski definition) is 4. The maximum absolute atomic E-state index is 12.4. The van der Waals surface area contributed by atoms with Gasteiger partial charge < -0.3 is 24.4 Å². The van der Waals surface area contributed by atoms with Crippen molar-refractivity contribution in [2.24, 2.45) is 0 Å². The van der Waals surface area contributed by atoms with Gasteiger partial charge >= 0.3 is 12.0 Å². The molecule has 0 spiro atoms.